The first-order chi connectivity index (χ1) is 9.00. The van der Waals surface area contributed by atoms with Gasteiger partial charge >= 0.3 is 0 Å². The number of furan rings is 1. The molecule has 0 spiro atoms. The number of primary amides is 1. The third-order valence-corrected chi connectivity index (χ3v) is 2.65. The fraction of sp³-hybridized carbons (Fsp3) is 0.154. The number of hydrogen-bond donors (Lipinski definition) is 1. The molecule has 2 heterocycles. The summed E-state index contributed by atoms with van der Waals surface area (Å²) in [6.07, 6.45) is 2.90. The second-order valence-electron chi connectivity index (χ2n) is 4.08. The van der Waals surface area contributed by atoms with E-state index in [0.29, 0.717) is 17.0 Å². The first-order valence-electron chi connectivity index (χ1n) is 5.61. The van der Waals surface area contributed by atoms with Gasteiger partial charge in [0.25, 0.3) is 11.5 Å². The summed E-state index contributed by atoms with van der Waals surface area (Å²) in [5, 5.41) is 4.01. The molecule has 2 aromatic heterocycles. The van der Waals surface area contributed by atoms with Crippen molar-refractivity contribution in [3.63, 3.8) is 0 Å². The summed E-state index contributed by atoms with van der Waals surface area (Å²) in [5.74, 6) is -0.253. The second-order valence-corrected chi connectivity index (χ2v) is 4.08. The maximum Gasteiger partial charge on any atom is 0.284 e. The Labute approximate surface area is 109 Å². The monoisotopic (exact) mass is 259 g/mol. The highest BCUT2D eigenvalue weighted by Crippen LogP contribution is 2.06. The van der Waals surface area contributed by atoms with E-state index >= 15 is 0 Å². The van der Waals surface area contributed by atoms with Gasteiger partial charge in [0.2, 0.25) is 0 Å². The zero-order valence-electron chi connectivity index (χ0n) is 10.6. The van der Waals surface area contributed by atoms with Gasteiger partial charge in [-0.3, -0.25) is 9.59 Å². The lowest BCUT2D eigenvalue weighted by atomic mass is 10.1. The van der Waals surface area contributed by atoms with Gasteiger partial charge in [-0.05, 0) is 37.6 Å². The van der Waals surface area contributed by atoms with Gasteiger partial charge in [-0.2, -0.15) is 5.10 Å². The molecule has 6 heteroatoms. The molecule has 1 amide bonds. The predicted octanol–water partition coefficient (Wildman–Crippen LogP) is 1.04. The minimum Gasteiger partial charge on any atom is -0.463 e. The fourth-order valence-electron chi connectivity index (χ4n) is 1.80. The van der Waals surface area contributed by atoms with Crippen molar-refractivity contribution < 1.29 is 9.21 Å². The average Bonchev–Trinajstić information content (AvgIpc) is 2.80. The largest absolute Gasteiger partial charge is 0.463 e. The lowest BCUT2D eigenvalue weighted by Crippen LogP contribution is -2.30. The van der Waals surface area contributed by atoms with E-state index in [1.54, 1.807) is 32.0 Å². The van der Waals surface area contributed by atoms with Crippen LogP contribution in [0.2, 0.25) is 0 Å². The highest BCUT2D eigenvalue weighted by molar-refractivity contribution is 5.93. The summed E-state index contributed by atoms with van der Waals surface area (Å²) >= 11 is 0. The van der Waals surface area contributed by atoms with Crippen LogP contribution in [0.1, 0.15) is 27.4 Å². The molecule has 0 unspecified atom stereocenters. The number of hydrogen-bond acceptors (Lipinski definition) is 4. The van der Waals surface area contributed by atoms with Gasteiger partial charge in [-0.25, -0.2) is 4.68 Å². The van der Waals surface area contributed by atoms with Crippen LogP contribution in [0.4, 0.5) is 0 Å². The van der Waals surface area contributed by atoms with Crippen molar-refractivity contribution in [2.75, 3.05) is 0 Å². The summed E-state index contributed by atoms with van der Waals surface area (Å²) in [7, 11) is 0. The van der Waals surface area contributed by atoms with Crippen LogP contribution >= 0.6 is 0 Å². The van der Waals surface area contributed by atoms with Gasteiger partial charge in [0.1, 0.15) is 11.3 Å². The second kappa shape index (κ2) is 4.93. The van der Waals surface area contributed by atoms with Crippen LogP contribution < -0.4 is 11.3 Å². The van der Waals surface area contributed by atoms with E-state index in [4.69, 9.17) is 10.2 Å². The van der Waals surface area contributed by atoms with Crippen molar-refractivity contribution in [1.82, 2.24) is 4.68 Å². The molecule has 0 bridgehead atoms. The van der Waals surface area contributed by atoms with Gasteiger partial charge < -0.3 is 10.2 Å². The van der Waals surface area contributed by atoms with Crippen molar-refractivity contribution in [1.29, 1.82) is 0 Å². The summed E-state index contributed by atoms with van der Waals surface area (Å²) in [6, 6.07) is 5.09. The quantitative estimate of drug-likeness (QED) is 0.835. The Morgan fingerprint density at radius 2 is 2.21 bits per heavy atom. The Hall–Kier alpha value is -2.63. The zero-order valence-corrected chi connectivity index (χ0v) is 10.6. The molecule has 0 atom stereocenters. The van der Waals surface area contributed by atoms with Gasteiger partial charge in [0, 0.05) is 5.69 Å². The molecule has 6 nitrogen and oxygen atoms in total. The molecule has 98 valence electrons. The standard InChI is InChI=1S/C13H13N3O3/c1-8-6-9(2)16(13(18)11(8)12(14)17)15-7-10-4-3-5-19-10/h3-7H,1-2H3,(H2,14,17)/b15-7+. The zero-order chi connectivity index (χ0) is 14.0. The molecule has 0 aliphatic heterocycles. The molecule has 2 rings (SSSR count). The summed E-state index contributed by atoms with van der Waals surface area (Å²) in [5.41, 5.74) is 5.76. The number of aromatic nitrogens is 1. The minimum absolute atomic E-state index is 0.0535. The predicted molar refractivity (Wildman–Crippen MR) is 70.4 cm³/mol. The van der Waals surface area contributed by atoms with Crippen LogP contribution in [-0.4, -0.2) is 16.8 Å². The van der Waals surface area contributed by atoms with Gasteiger partial charge in [-0.1, -0.05) is 0 Å². The molecule has 2 N–H and O–H groups in total. The Balaban J connectivity index is 2.55. The maximum atomic E-state index is 12.1. The van der Waals surface area contributed by atoms with Crippen molar-refractivity contribution in [3.8, 4) is 0 Å². The van der Waals surface area contributed by atoms with E-state index in [1.807, 2.05) is 0 Å². The number of nitrogens with zero attached hydrogens (tertiary/aromatic N) is 2. The molecule has 0 aromatic carbocycles. The van der Waals surface area contributed by atoms with Crippen LogP contribution in [0.25, 0.3) is 0 Å². The Kier molecular flexibility index (Phi) is 3.33. The first-order valence-corrected chi connectivity index (χ1v) is 5.61. The van der Waals surface area contributed by atoms with E-state index in [0.717, 1.165) is 4.68 Å². The molecule has 0 aliphatic rings. The molecule has 2 aromatic rings. The Bertz CT molecular complexity index is 697. The van der Waals surface area contributed by atoms with Crippen LogP contribution in [-0.2, 0) is 0 Å². The molecule has 0 radical (unpaired) electrons. The molecule has 0 saturated heterocycles. The normalized spacial score (nSPS) is 11.1. The fourth-order valence-corrected chi connectivity index (χ4v) is 1.80. The molecular formula is C13H13N3O3. The molecule has 19 heavy (non-hydrogen) atoms. The van der Waals surface area contributed by atoms with Crippen LogP contribution in [0.3, 0.4) is 0 Å². The Morgan fingerprint density at radius 3 is 2.79 bits per heavy atom. The lowest BCUT2D eigenvalue weighted by Gasteiger charge is -2.07. The number of pyridine rings is 1. The van der Waals surface area contributed by atoms with Crippen molar-refractivity contribution in [3.05, 3.63) is 57.4 Å². The third kappa shape index (κ3) is 2.47. The van der Waals surface area contributed by atoms with Crippen LogP contribution in [0.15, 0.2) is 38.8 Å². The number of amides is 1. The number of nitrogens with two attached hydrogens (primary N) is 1. The number of carbonyl (C=O) groups is 1. The summed E-state index contributed by atoms with van der Waals surface area (Å²) < 4.78 is 6.20. The number of carbonyl (C=O) groups excluding carboxylic acids is 1. The summed E-state index contributed by atoms with van der Waals surface area (Å²) in [6.45, 7) is 3.38. The van der Waals surface area contributed by atoms with Crippen LogP contribution in [0, 0.1) is 13.8 Å². The highest BCUT2D eigenvalue weighted by atomic mass is 16.3. The van der Waals surface area contributed by atoms with Gasteiger partial charge in [0.15, 0.2) is 0 Å². The maximum absolute atomic E-state index is 12.1. The topological polar surface area (TPSA) is 90.6 Å². The van der Waals surface area contributed by atoms with Gasteiger partial charge in [0.05, 0.1) is 12.5 Å². The van der Waals surface area contributed by atoms with E-state index in [2.05, 4.69) is 5.10 Å². The number of aryl methyl sites for hydroxylation is 2. The van der Waals surface area contributed by atoms with E-state index < -0.39 is 11.5 Å². The molecular weight excluding hydrogens is 246 g/mol. The SMILES string of the molecule is Cc1cc(C)n(/N=C/c2ccco2)c(=O)c1C(N)=O. The molecule has 0 aliphatic carbocycles. The van der Waals surface area contributed by atoms with Crippen molar-refractivity contribution in [2.24, 2.45) is 10.8 Å². The van der Waals surface area contributed by atoms with Gasteiger partial charge in [-0.15, -0.1) is 0 Å². The number of rotatable bonds is 3. The lowest BCUT2D eigenvalue weighted by molar-refractivity contribution is 0.0997. The van der Waals surface area contributed by atoms with E-state index in [1.165, 1.54) is 12.5 Å². The molecule has 0 saturated carbocycles. The van der Waals surface area contributed by atoms with E-state index in [-0.39, 0.29) is 5.56 Å². The molecule has 0 fully saturated rings. The summed E-state index contributed by atoms with van der Waals surface area (Å²) in [4.78, 5) is 23.4. The van der Waals surface area contributed by atoms with Crippen LogP contribution in [0.5, 0.6) is 0 Å². The smallest absolute Gasteiger partial charge is 0.284 e. The van der Waals surface area contributed by atoms with Crippen molar-refractivity contribution >= 4 is 12.1 Å². The average molecular weight is 259 g/mol. The van der Waals surface area contributed by atoms with E-state index in [9.17, 15) is 9.59 Å². The van der Waals surface area contributed by atoms with Crippen molar-refractivity contribution in [2.45, 2.75) is 13.8 Å². The third-order valence-electron chi connectivity index (χ3n) is 2.65. The minimum atomic E-state index is -0.760. The highest BCUT2D eigenvalue weighted by Gasteiger charge is 2.14. The Morgan fingerprint density at radius 1 is 1.47 bits per heavy atom. The first kappa shape index (κ1) is 12.8.